The van der Waals surface area contributed by atoms with Crippen molar-refractivity contribution >= 4 is 11.8 Å². The fourth-order valence-electron chi connectivity index (χ4n) is 5.43. The standard InChI is InChI=1S/C32H37NO4/c1-31(2,30(35)36)25-19-17-24(18-20-25)29(34)16-10-22-33-21-9-15-28(23-33)32(37,26-11-5-3-6-12-26)27-13-7-4-8-14-27/h3-8,11-14,17-20,28,37H,9-10,15-16,21-23H2,1-2H3,(H,35,36). The molecule has 5 nitrogen and oxygen atoms in total. The van der Waals surface area contributed by atoms with Crippen molar-refractivity contribution in [2.75, 3.05) is 19.6 Å². The fourth-order valence-corrected chi connectivity index (χ4v) is 5.43. The molecular weight excluding hydrogens is 462 g/mol. The van der Waals surface area contributed by atoms with Crippen molar-refractivity contribution in [2.45, 2.75) is 50.5 Å². The highest BCUT2D eigenvalue weighted by Gasteiger charge is 2.42. The Labute approximate surface area is 219 Å². The van der Waals surface area contributed by atoms with Gasteiger partial charge in [0.05, 0.1) is 5.41 Å². The summed E-state index contributed by atoms with van der Waals surface area (Å²) < 4.78 is 0. The zero-order valence-corrected chi connectivity index (χ0v) is 21.8. The summed E-state index contributed by atoms with van der Waals surface area (Å²) in [7, 11) is 0. The van der Waals surface area contributed by atoms with Gasteiger partial charge in [0, 0.05) is 24.4 Å². The number of aliphatic carboxylic acids is 1. The summed E-state index contributed by atoms with van der Waals surface area (Å²) in [6.45, 7) is 5.85. The van der Waals surface area contributed by atoms with Crippen LogP contribution in [0.4, 0.5) is 0 Å². The maximum atomic E-state index is 12.8. The molecule has 1 saturated heterocycles. The first-order valence-electron chi connectivity index (χ1n) is 13.2. The Balaban J connectivity index is 1.39. The molecule has 4 rings (SSSR count). The first-order valence-corrected chi connectivity index (χ1v) is 13.2. The second kappa shape index (κ2) is 11.4. The van der Waals surface area contributed by atoms with Crippen molar-refractivity contribution in [3.63, 3.8) is 0 Å². The first kappa shape index (κ1) is 26.8. The van der Waals surface area contributed by atoms with Gasteiger partial charge in [-0.05, 0) is 62.9 Å². The summed E-state index contributed by atoms with van der Waals surface area (Å²) in [5, 5.41) is 21.6. The lowest BCUT2D eigenvalue weighted by Gasteiger charge is -2.43. The average Bonchev–Trinajstić information content (AvgIpc) is 2.93. The molecule has 194 valence electrons. The van der Waals surface area contributed by atoms with Crippen LogP contribution in [-0.2, 0) is 15.8 Å². The van der Waals surface area contributed by atoms with Gasteiger partial charge < -0.3 is 15.1 Å². The molecule has 5 heteroatoms. The number of carboxylic acids is 1. The highest BCUT2D eigenvalue weighted by atomic mass is 16.4. The van der Waals surface area contributed by atoms with Crippen molar-refractivity contribution in [3.8, 4) is 0 Å². The van der Waals surface area contributed by atoms with Crippen LogP contribution in [0.2, 0.25) is 0 Å². The van der Waals surface area contributed by atoms with Crippen LogP contribution >= 0.6 is 0 Å². The zero-order valence-electron chi connectivity index (χ0n) is 21.8. The van der Waals surface area contributed by atoms with E-state index in [0.717, 1.165) is 50.0 Å². The van der Waals surface area contributed by atoms with Crippen molar-refractivity contribution < 1.29 is 19.8 Å². The molecule has 1 heterocycles. The first-order chi connectivity index (χ1) is 17.7. The Hall–Kier alpha value is -3.28. The summed E-state index contributed by atoms with van der Waals surface area (Å²) >= 11 is 0. The van der Waals surface area contributed by atoms with Gasteiger partial charge in [0.25, 0.3) is 0 Å². The predicted molar refractivity (Wildman–Crippen MR) is 146 cm³/mol. The van der Waals surface area contributed by atoms with Crippen molar-refractivity contribution in [3.05, 3.63) is 107 Å². The number of carbonyl (C=O) groups is 2. The van der Waals surface area contributed by atoms with Gasteiger partial charge in [-0.15, -0.1) is 0 Å². The highest BCUT2D eigenvalue weighted by molar-refractivity contribution is 5.96. The van der Waals surface area contributed by atoms with Crippen LogP contribution in [-0.4, -0.2) is 46.5 Å². The minimum absolute atomic E-state index is 0.0480. The van der Waals surface area contributed by atoms with E-state index in [1.807, 2.05) is 60.7 Å². The van der Waals surface area contributed by atoms with Gasteiger partial charge in [-0.25, -0.2) is 0 Å². The smallest absolute Gasteiger partial charge is 0.313 e. The van der Waals surface area contributed by atoms with Gasteiger partial charge in [-0.2, -0.15) is 0 Å². The summed E-state index contributed by atoms with van der Waals surface area (Å²) in [4.78, 5) is 26.7. The molecule has 37 heavy (non-hydrogen) atoms. The molecule has 1 aliphatic rings. The van der Waals surface area contributed by atoms with E-state index in [1.54, 1.807) is 38.1 Å². The molecule has 1 fully saturated rings. The fraction of sp³-hybridized carbons (Fsp3) is 0.375. The normalized spacial score (nSPS) is 16.9. The summed E-state index contributed by atoms with van der Waals surface area (Å²) in [5.74, 6) is -0.775. The van der Waals surface area contributed by atoms with E-state index in [9.17, 15) is 19.8 Å². The number of piperidine rings is 1. The Morgan fingerprint density at radius 3 is 1.97 bits per heavy atom. The number of hydrogen-bond donors (Lipinski definition) is 2. The molecule has 1 unspecified atom stereocenters. The van der Waals surface area contributed by atoms with E-state index in [1.165, 1.54) is 0 Å². The van der Waals surface area contributed by atoms with E-state index in [0.29, 0.717) is 17.5 Å². The quantitative estimate of drug-likeness (QED) is 0.352. The lowest BCUT2D eigenvalue weighted by Crippen LogP contribution is -2.47. The number of aliphatic hydroxyl groups is 1. The lowest BCUT2D eigenvalue weighted by atomic mass is 9.73. The maximum Gasteiger partial charge on any atom is 0.313 e. The number of hydrogen-bond acceptors (Lipinski definition) is 4. The van der Waals surface area contributed by atoms with Crippen LogP contribution in [0.5, 0.6) is 0 Å². The highest BCUT2D eigenvalue weighted by Crippen LogP contribution is 2.41. The predicted octanol–water partition coefficient (Wildman–Crippen LogP) is 5.66. The molecule has 0 bridgehead atoms. The average molecular weight is 500 g/mol. The van der Waals surface area contributed by atoms with Crippen LogP contribution in [0.15, 0.2) is 84.9 Å². The second-order valence-corrected chi connectivity index (χ2v) is 10.7. The van der Waals surface area contributed by atoms with Crippen molar-refractivity contribution in [2.24, 2.45) is 5.92 Å². The summed E-state index contributed by atoms with van der Waals surface area (Å²) in [5.41, 5.74) is 1.07. The van der Waals surface area contributed by atoms with Gasteiger partial charge in [-0.1, -0.05) is 84.9 Å². The molecule has 0 saturated carbocycles. The van der Waals surface area contributed by atoms with E-state index in [2.05, 4.69) is 4.90 Å². The van der Waals surface area contributed by atoms with Gasteiger partial charge >= 0.3 is 5.97 Å². The molecule has 0 radical (unpaired) electrons. The van der Waals surface area contributed by atoms with Crippen LogP contribution < -0.4 is 0 Å². The molecule has 0 aromatic heterocycles. The number of nitrogens with zero attached hydrogens (tertiary/aromatic N) is 1. The molecule has 2 N–H and O–H groups in total. The minimum Gasteiger partial charge on any atom is -0.481 e. The van der Waals surface area contributed by atoms with E-state index in [-0.39, 0.29) is 11.7 Å². The molecule has 0 aliphatic carbocycles. The molecule has 1 aliphatic heterocycles. The van der Waals surface area contributed by atoms with Crippen LogP contribution in [0.25, 0.3) is 0 Å². The molecular formula is C32H37NO4. The Morgan fingerprint density at radius 2 is 1.43 bits per heavy atom. The Morgan fingerprint density at radius 1 is 0.865 bits per heavy atom. The monoisotopic (exact) mass is 499 g/mol. The summed E-state index contributed by atoms with van der Waals surface area (Å²) in [6, 6.07) is 26.8. The Kier molecular flexibility index (Phi) is 8.25. The molecule has 3 aromatic carbocycles. The lowest BCUT2D eigenvalue weighted by molar-refractivity contribution is -0.142. The molecule has 0 amide bonds. The van der Waals surface area contributed by atoms with Gasteiger partial charge in [0.15, 0.2) is 5.78 Å². The van der Waals surface area contributed by atoms with Crippen LogP contribution in [0.1, 0.15) is 66.6 Å². The molecule has 0 spiro atoms. The van der Waals surface area contributed by atoms with Gasteiger partial charge in [0.1, 0.15) is 5.60 Å². The van der Waals surface area contributed by atoms with Crippen molar-refractivity contribution in [1.29, 1.82) is 0 Å². The number of ketones is 1. The van der Waals surface area contributed by atoms with Crippen LogP contribution in [0.3, 0.4) is 0 Å². The Bertz CT molecular complexity index is 1150. The number of rotatable bonds is 10. The molecule has 1 atom stereocenters. The largest absolute Gasteiger partial charge is 0.481 e. The number of likely N-dealkylation sites (tertiary alicyclic amines) is 1. The maximum absolute atomic E-state index is 12.8. The molecule has 3 aromatic rings. The number of Topliss-reactive ketones (excluding diaryl/α,β-unsaturated/α-hetero) is 1. The third-order valence-electron chi connectivity index (χ3n) is 7.87. The minimum atomic E-state index is -1.07. The summed E-state index contributed by atoms with van der Waals surface area (Å²) in [6.07, 6.45) is 3.11. The zero-order chi connectivity index (χ0) is 26.5. The third kappa shape index (κ3) is 5.84. The van der Waals surface area contributed by atoms with Crippen LogP contribution in [0, 0.1) is 5.92 Å². The van der Waals surface area contributed by atoms with E-state index < -0.39 is 17.0 Å². The van der Waals surface area contributed by atoms with E-state index in [4.69, 9.17) is 0 Å². The topological polar surface area (TPSA) is 77.8 Å². The number of benzene rings is 3. The second-order valence-electron chi connectivity index (χ2n) is 10.7. The van der Waals surface area contributed by atoms with Gasteiger partial charge in [-0.3, -0.25) is 9.59 Å². The number of carbonyl (C=O) groups excluding carboxylic acids is 1. The SMILES string of the molecule is CC(C)(C(=O)O)c1ccc(C(=O)CCCN2CCCC(C(O)(c3ccccc3)c3ccccc3)C2)cc1. The van der Waals surface area contributed by atoms with Crippen molar-refractivity contribution in [1.82, 2.24) is 4.90 Å². The van der Waals surface area contributed by atoms with Gasteiger partial charge in [0.2, 0.25) is 0 Å². The third-order valence-corrected chi connectivity index (χ3v) is 7.87. The number of carboxylic acid groups (broad SMARTS) is 1. The van der Waals surface area contributed by atoms with E-state index >= 15 is 0 Å².